The number of nitrogens with two attached hydrogens (primary N) is 1. The molecule has 0 aliphatic heterocycles. The van der Waals surface area contributed by atoms with E-state index in [1.165, 1.54) is 7.05 Å². The molecule has 1 rings (SSSR count). The van der Waals surface area contributed by atoms with Crippen LogP contribution in [0.5, 0.6) is 0 Å². The molecule has 0 bridgehead atoms. The van der Waals surface area contributed by atoms with E-state index in [-0.39, 0.29) is 22.8 Å². The van der Waals surface area contributed by atoms with Gasteiger partial charge in [0.15, 0.2) is 0 Å². The molecule has 0 aromatic heterocycles. The molecule has 0 radical (unpaired) electrons. The summed E-state index contributed by atoms with van der Waals surface area (Å²) in [6, 6.07) is 2.90. The third-order valence-electron chi connectivity index (χ3n) is 2.47. The van der Waals surface area contributed by atoms with Gasteiger partial charge in [-0.15, -0.1) is 0 Å². The average molecular weight is 338 g/mol. The number of hydrogen-bond donors (Lipinski definition) is 3. The molecule has 1 aromatic rings. The summed E-state index contributed by atoms with van der Waals surface area (Å²) in [5.41, 5.74) is 4.83. The second-order valence-corrected chi connectivity index (χ2v) is 7.68. The number of nitro groups is 1. The molecule has 0 saturated carbocycles. The van der Waals surface area contributed by atoms with Gasteiger partial charge in [-0.3, -0.25) is 10.1 Å². The lowest BCUT2D eigenvalue weighted by molar-refractivity contribution is -0.384. The highest BCUT2D eigenvalue weighted by atomic mass is 32.2. The minimum absolute atomic E-state index is 0.298. The third kappa shape index (κ3) is 4.63. The third-order valence-corrected chi connectivity index (χ3v) is 5.37. The molecule has 0 fully saturated rings. The highest BCUT2D eigenvalue weighted by Gasteiger charge is 2.20. The van der Waals surface area contributed by atoms with Crippen molar-refractivity contribution in [2.24, 2.45) is 0 Å². The molecule has 0 amide bonds. The topological polar surface area (TPSA) is 162 Å². The number of hydrogen-bond acceptors (Lipinski definition) is 7. The number of nitrogens with one attached hydrogen (secondary N) is 2. The molecule has 4 N–H and O–H groups in total. The molecule has 21 heavy (non-hydrogen) atoms. The normalized spacial score (nSPS) is 12.2. The van der Waals surface area contributed by atoms with E-state index in [0.717, 1.165) is 18.2 Å². The van der Waals surface area contributed by atoms with Gasteiger partial charge in [0, 0.05) is 18.7 Å². The van der Waals surface area contributed by atoms with Crippen LogP contribution in [0, 0.1) is 10.1 Å². The summed E-state index contributed by atoms with van der Waals surface area (Å²) in [7, 11) is -6.40. The van der Waals surface area contributed by atoms with Crippen molar-refractivity contribution >= 4 is 31.4 Å². The van der Waals surface area contributed by atoms with Crippen LogP contribution in [0.15, 0.2) is 23.1 Å². The van der Waals surface area contributed by atoms with Crippen LogP contribution in [0.3, 0.4) is 0 Å². The van der Waals surface area contributed by atoms with Crippen LogP contribution in [0.4, 0.5) is 11.4 Å². The molecular formula is C9H14N4O6S2. The summed E-state index contributed by atoms with van der Waals surface area (Å²) in [5, 5.41) is 10.5. The molecule has 0 heterocycles. The van der Waals surface area contributed by atoms with E-state index >= 15 is 0 Å². The Kier molecular flexibility index (Phi) is 5.22. The largest absolute Gasteiger partial charge is 0.397 e. The van der Waals surface area contributed by atoms with E-state index in [1.807, 2.05) is 4.72 Å². The maximum absolute atomic E-state index is 11.9. The van der Waals surface area contributed by atoms with Gasteiger partial charge in [-0.1, -0.05) is 0 Å². The van der Waals surface area contributed by atoms with Crippen molar-refractivity contribution in [1.82, 2.24) is 9.44 Å². The fourth-order valence-electron chi connectivity index (χ4n) is 1.38. The minimum Gasteiger partial charge on any atom is -0.397 e. The summed E-state index contributed by atoms with van der Waals surface area (Å²) >= 11 is 0. The van der Waals surface area contributed by atoms with E-state index < -0.39 is 30.7 Å². The van der Waals surface area contributed by atoms with Crippen molar-refractivity contribution in [3.8, 4) is 0 Å². The zero-order valence-electron chi connectivity index (χ0n) is 10.9. The zero-order valence-corrected chi connectivity index (χ0v) is 12.6. The maximum Gasteiger partial charge on any atom is 0.271 e. The predicted octanol–water partition coefficient (Wildman–Crippen LogP) is -0.995. The van der Waals surface area contributed by atoms with Gasteiger partial charge in [-0.25, -0.2) is 26.3 Å². The van der Waals surface area contributed by atoms with Gasteiger partial charge in [0.2, 0.25) is 20.0 Å². The molecule has 0 spiro atoms. The van der Waals surface area contributed by atoms with Crippen LogP contribution in [-0.4, -0.2) is 41.1 Å². The van der Waals surface area contributed by atoms with Crippen LogP contribution in [0.1, 0.15) is 0 Å². The highest BCUT2D eigenvalue weighted by molar-refractivity contribution is 7.90. The Balaban J connectivity index is 2.91. The first-order valence-electron chi connectivity index (χ1n) is 5.54. The highest BCUT2D eigenvalue weighted by Crippen LogP contribution is 2.23. The number of sulfonamides is 2. The Labute approximate surface area is 121 Å². The lowest BCUT2D eigenvalue weighted by Gasteiger charge is -2.09. The van der Waals surface area contributed by atoms with Gasteiger partial charge in [0.1, 0.15) is 4.90 Å². The van der Waals surface area contributed by atoms with E-state index in [0.29, 0.717) is 0 Å². The molecule has 118 valence electrons. The van der Waals surface area contributed by atoms with Crippen LogP contribution < -0.4 is 15.2 Å². The average Bonchev–Trinajstić information content (AvgIpc) is 2.37. The fraction of sp³-hybridized carbons (Fsp3) is 0.333. The Bertz CT molecular complexity index is 744. The second-order valence-electron chi connectivity index (χ2n) is 3.90. The fourth-order valence-corrected chi connectivity index (χ4v) is 3.23. The minimum atomic E-state index is -4.05. The molecular weight excluding hydrogens is 324 g/mol. The molecule has 0 unspecified atom stereocenters. The van der Waals surface area contributed by atoms with Crippen LogP contribution in [0.2, 0.25) is 0 Å². The number of anilines is 1. The van der Waals surface area contributed by atoms with Gasteiger partial charge in [-0.05, 0) is 13.1 Å². The van der Waals surface area contributed by atoms with Crippen molar-refractivity contribution in [2.75, 3.05) is 25.1 Å². The lowest BCUT2D eigenvalue weighted by atomic mass is 10.3. The smallest absolute Gasteiger partial charge is 0.271 e. The summed E-state index contributed by atoms with van der Waals surface area (Å²) < 4.78 is 50.3. The van der Waals surface area contributed by atoms with Gasteiger partial charge < -0.3 is 5.73 Å². The Hall–Kier alpha value is -1.76. The van der Waals surface area contributed by atoms with Crippen LogP contribution >= 0.6 is 0 Å². The first-order chi connectivity index (χ1) is 9.59. The van der Waals surface area contributed by atoms with Crippen molar-refractivity contribution in [2.45, 2.75) is 4.90 Å². The molecule has 12 heteroatoms. The number of benzene rings is 1. The Morgan fingerprint density at radius 1 is 1.29 bits per heavy atom. The monoisotopic (exact) mass is 338 g/mol. The first kappa shape index (κ1) is 17.3. The van der Waals surface area contributed by atoms with E-state index in [2.05, 4.69) is 4.72 Å². The molecule has 0 aliphatic rings. The summed E-state index contributed by atoms with van der Waals surface area (Å²) in [6.45, 7) is -0.359. The molecule has 1 aromatic carbocycles. The zero-order chi connectivity index (χ0) is 16.3. The van der Waals surface area contributed by atoms with Gasteiger partial charge in [-0.2, -0.15) is 0 Å². The number of rotatable bonds is 7. The van der Waals surface area contributed by atoms with Crippen molar-refractivity contribution in [1.29, 1.82) is 0 Å². The van der Waals surface area contributed by atoms with Crippen LogP contribution in [0.25, 0.3) is 0 Å². The molecule has 0 aliphatic carbocycles. The lowest BCUT2D eigenvalue weighted by Crippen LogP contribution is -2.33. The van der Waals surface area contributed by atoms with Crippen molar-refractivity contribution in [3.05, 3.63) is 28.3 Å². The van der Waals surface area contributed by atoms with E-state index in [1.54, 1.807) is 0 Å². The quantitative estimate of drug-likeness (QED) is 0.326. The Morgan fingerprint density at radius 3 is 2.38 bits per heavy atom. The summed E-state index contributed by atoms with van der Waals surface area (Å²) in [4.78, 5) is 9.48. The predicted molar refractivity (Wildman–Crippen MR) is 75.5 cm³/mol. The van der Waals surface area contributed by atoms with Crippen molar-refractivity contribution in [3.63, 3.8) is 0 Å². The van der Waals surface area contributed by atoms with Gasteiger partial charge >= 0.3 is 0 Å². The number of nitro benzene ring substituents is 1. The van der Waals surface area contributed by atoms with Crippen LogP contribution in [-0.2, 0) is 20.0 Å². The summed E-state index contributed by atoms with van der Waals surface area (Å²) in [5.74, 6) is -0.449. The number of nitrogen functional groups attached to an aromatic ring is 1. The standard InChI is InChI=1S/C9H14N4O6S2/c1-11-20(16,17)5-4-12-21(18,19)9-3-2-7(13(14)15)6-8(9)10/h2-3,6,11-12H,4-5,10H2,1H3. The van der Waals surface area contributed by atoms with E-state index in [4.69, 9.17) is 5.73 Å². The molecule has 0 atom stereocenters. The maximum atomic E-state index is 11.9. The molecule has 0 saturated heterocycles. The first-order valence-corrected chi connectivity index (χ1v) is 8.67. The van der Waals surface area contributed by atoms with E-state index in [9.17, 15) is 26.9 Å². The Morgan fingerprint density at radius 2 is 1.90 bits per heavy atom. The number of non-ortho nitro benzene ring substituents is 1. The van der Waals surface area contributed by atoms with Gasteiger partial charge in [0.05, 0.1) is 16.4 Å². The number of nitrogens with zero attached hydrogens (tertiary/aromatic N) is 1. The van der Waals surface area contributed by atoms with Crippen molar-refractivity contribution < 1.29 is 21.8 Å². The molecule has 10 nitrogen and oxygen atoms in total. The summed E-state index contributed by atoms with van der Waals surface area (Å²) in [6.07, 6.45) is 0. The SMILES string of the molecule is CNS(=O)(=O)CCNS(=O)(=O)c1ccc([N+](=O)[O-])cc1N. The second kappa shape index (κ2) is 6.34. The van der Waals surface area contributed by atoms with Gasteiger partial charge in [0.25, 0.3) is 5.69 Å².